The summed E-state index contributed by atoms with van der Waals surface area (Å²) in [5.74, 6) is -0.0493. The monoisotopic (exact) mass is 364 g/mol. The third kappa shape index (κ3) is 3.66. The minimum Gasteiger partial charge on any atom is -0.354 e. The predicted molar refractivity (Wildman–Crippen MR) is 97.2 cm³/mol. The molecule has 0 unspecified atom stereocenters. The van der Waals surface area contributed by atoms with E-state index in [2.05, 4.69) is 15.3 Å². The Morgan fingerprint density at radius 3 is 3.00 bits per heavy atom. The van der Waals surface area contributed by atoms with E-state index in [1.54, 1.807) is 6.07 Å². The van der Waals surface area contributed by atoms with Crippen LogP contribution >= 0.6 is 23.1 Å². The number of likely N-dealkylation sites (N-methyl/N-ethyl adjacent to an activating group) is 1. The number of nitrogens with zero attached hydrogens (tertiary/aromatic N) is 3. The van der Waals surface area contributed by atoms with Crippen molar-refractivity contribution in [2.75, 3.05) is 32.9 Å². The number of thioether (sulfide) groups is 1. The van der Waals surface area contributed by atoms with Crippen LogP contribution in [0, 0.1) is 5.82 Å². The zero-order valence-corrected chi connectivity index (χ0v) is 15.0. The average Bonchev–Trinajstić information content (AvgIpc) is 2.93. The molecule has 0 atom stereocenters. The first-order valence-corrected chi connectivity index (χ1v) is 9.22. The number of aromatic nitrogens is 2. The Bertz CT molecular complexity index is 881. The summed E-state index contributed by atoms with van der Waals surface area (Å²) in [5, 5.41) is 4.10. The van der Waals surface area contributed by atoms with Crippen molar-refractivity contribution in [2.45, 2.75) is 5.03 Å². The van der Waals surface area contributed by atoms with E-state index in [9.17, 15) is 9.18 Å². The zero-order chi connectivity index (χ0) is 17.1. The summed E-state index contributed by atoms with van der Waals surface area (Å²) in [7, 11) is 3.91. The van der Waals surface area contributed by atoms with Gasteiger partial charge in [0, 0.05) is 17.8 Å². The number of rotatable bonds is 6. The highest BCUT2D eigenvalue weighted by molar-refractivity contribution is 8.00. The lowest BCUT2D eigenvalue weighted by Crippen LogP contribution is -2.32. The molecule has 3 aromatic rings. The first kappa shape index (κ1) is 17.1. The Labute approximate surface area is 147 Å². The van der Waals surface area contributed by atoms with Crippen LogP contribution in [0.15, 0.2) is 29.6 Å². The summed E-state index contributed by atoms with van der Waals surface area (Å²) in [4.78, 5) is 22.4. The molecule has 0 spiro atoms. The van der Waals surface area contributed by atoms with Gasteiger partial charge in [-0.15, -0.1) is 11.3 Å². The summed E-state index contributed by atoms with van der Waals surface area (Å²) >= 11 is 2.80. The van der Waals surface area contributed by atoms with Crippen LogP contribution < -0.4 is 5.32 Å². The van der Waals surface area contributed by atoms with Crippen LogP contribution in [0.1, 0.15) is 0 Å². The van der Waals surface area contributed by atoms with Crippen molar-refractivity contribution in [3.8, 4) is 0 Å². The normalized spacial score (nSPS) is 11.5. The molecule has 1 amide bonds. The molecule has 0 radical (unpaired) electrons. The van der Waals surface area contributed by atoms with Crippen molar-refractivity contribution in [2.24, 2.45) is 0 Å². The standard InChI is InChI=1S/C16H17FN4OS2/c1-21(2)7-6-18-12(22)8-23-16-15-14(19-9-20-16)13-10(17)4-3-5-11(13)24-15/h3-5,9H,6-8H2,1-2H3,(H,18,22). The number of amides is 1. The van der Waals surface area contributed by atoms with Crippen molar-refractivity contribution >= 4 is 49.3 Å². The molecule has 0 aliphatic heterocycles. The number of halogens is 1. The molecule has 3 rings (SSSR count). The number of benzene rings is 1. The number of thiophene rings is 1. The SMILES string of the molecule is CN(C)CCNC(=O)CSc1ncnc2c1sc1cccc(F)c12. The van der Waals surface area contributed by atoms with E-state index in [1.165, 1.54) is 35.5 Å². The van der Waals surface area contributed by atoms with Gasteiger partial charge in [-0.3, -0.25) is 4.79 Å². The predicted octanol–water partition coefficient (Wildman–Crippen LogP) is 2.75. The van der Waals surface area contributed by atoms with Gasteiger partial charge in [0.05, 0.1) is 21.4 Å². The van der Waals surface area contributed by atoms with Gasteiger partial charge >= 0.3 is 0 Å². The van der Waals surface area contributed by atoms with Gasteiger partial charge in [0.25, 0.3) is 0 Å². The Morgan fingerprint density at radius 1 is 1.38 bits per heavy atom. The van der Waals surface area contributed by atoms with E-state index in [1.807, 2.05) is 25.1 Å². The van der Waals surface area contributed by atoms with Crippen LogP contribution in [0.5, 0.6) is 0 Å². The number of carbonyl (C=O) groups excluding carboxylic acids is 1. The molecule has 126 valence electrons. The van der Waals surface area contributed by atoms with Gasteiger partial charge in [0.15, 0.2) is 0 Å². The van der Waals surface area contributed by atoms with Crippen LogP contribution in [-0.4, -0.2) is 53.7 Å². The van der Waals surface area contributed by atoms with Crippen LogP contribution in [0.25, 0.3) is 20.3 Å². The Morgan fingerprint density at radius 2 is 2.21 bits per heavy atom. The summed E-state index contributed by atoms with van der Waals surface area (Å²) in [6, 6.07) is 4.99. The van der Waals surface area contributed by atoms with Gasteiger partial charge in [-0.2, -0.15) is 0 Å². The smallest absolute Gasteiger partial charge is 0.230 e. The maximum atomic E-state index is 14.1. The van der Waals surface area contributed by atoms with Gasteiger partial charge in [-0.25, -0.2) is 14.4 Å². The fourth-order valence-corrected chi connectivity index (χ4v) is 4.34. The molecule has 0 saturated carbocycles. The Kier molecular flexibility index (Phi) is 5.27. The Balaban J connectivity index is 1.77. The van der Waals surface area contributed by atoms with E-state index in [4.69, 9.17) is 0 Å². The molecule has 0 aliphatic carbocycles. The maximum absolute atomic E-state index is 14.1. The lowest BCUT2D eigenvalue weighted by molar-refractivity contribution is -0.118. The molecule has 1 aromatic carbocycles. The largest absolute Gasteiger partial charge is 0.354 e. The summed E-state index contributed by atoms with van der Waals surface area (Å²) in [6.45, 7) is 1.41. The number of nitrogens with one attached hydrogen (secondary N) is 1. The molecular weight excluding hydrogens is 347 g/mol. The second-order valence-electron chi connectivity index (χ2n) is 5.51. The summed E-state index contributed by atoms with van der Waals surface area (Å²) < 4.78 is 15.7. The lowest BCUT2D eigenvalue weighted by Gasteiger charge is -2.10. The van der Waals surface area contributed by atoms with Crippen molar-refractivity contribution < 1.29 is 9.18 Å². The molecule has 2 heterocycles. The second kappa shape index (κ2) is 7.42. The molecule has 24 heavy (non-hydrogen) atoms. The number of hydrogen-bond donors (Lipinski definition) is 1. The average molecular weight is 364 g/mol. The first-order chi connectivity index (χ1) is 11.6. The van der Waals surface area contributed by atoms with E-state index in [-0.39, 0.29) is 17.5 Å². The highest BCUT2D eigenvalue weighted by atomic mass is 32.2. The van der Waals surface area contributed by atoms with Gasteiger partial charge in [-0.05, 0) is 26.2 Å². The first-order valence-electron chi connectivity index (χ1n) is 7.42. The Hall–Kier alpha value is -1.77. The number of carbonyl (C=O) groups is 1. The third-order valence-corrected chi connectivity index (χ3v) is 5.69. The molecular formula is C16H17FN4OS2. The van der Waals surface area contributed by atoms with Crippen LogP contribution in [-0.2, 0) is 4.79 Å². The van der Waals surface area contributed by atoms with E-state index >= 15 is 0 Å². The van der Waals surface area contributed by atoms with Gasteiger partial charge in [-0.1, -0.05) is 17.8 Å². The fourth-order valence-electron chi connectivity index (χ4n) is 2.26. The van der Waals surface area contributed by atoms with Gasteiger partial charge < -0.3 is 10.2 Å². The molecule has 0 aliphatic rings. The van der Waals surface area contributed by atoms with Crippen LogP contribution in [0.4, 0.5) is 4.39 Å². The molecule has 1 N–H and O–H groups in total. The summed E-state index contributed by atoms with van der Waals surface area (Å²) in [5.41, 5.74) is 0.610. The van der Waals surface area contributed by atoms with E-state index in [0.717, 1.165) is 15.9 Å². The van der Waals surface area contributed by atoms with Crippen molar-refractivity contribution in [3.05, 3.63) is 30.3 Å². The molecule has 2 aromatic heterocycles. The van der Waals surface area contributed by atoms with E-state index in [0.29, 0.717) is 22.5 Å². The zero-order valence-electron chi connectivity index (χ0n) is 13.4. The van der Waals surface area contributed by atoms with E-state index < -0.39 is 0 Å². The van der Waals surface area contributed by atoms with Gasteiger partial charge in [0.1, 0.15) is 17.2 Å². The minimum absolute atomic E-state index is 0.0408. The van der Waals surface area contributed by atoms with Crippen molar-refractivity contribution in [1.82, 2.24) is 20.2 Å². The number of fused-ring (bicyclic) bond motifs is 3. The molecule has 0 fully saturated rings. The van der Waals surface area contributed by atoms with Crippen molar-refractivity contribution in [1.29, 1.82) is 0 Å². The quantitative estimate of drug-likeness (QED) is 0.538. The third-order valence-electron chi connectivity index (χ3n) is 3.42. The van der Waals surface area contributed by atoms with Crippen molar-refractivity contribution in [3.63, 3.8) is 0 Å². The van der Waals surface area contributed by atoms with Gasteiger partial charge in [0.2, 0.25) is 5.91 Å². The summed E-state index contributed by atoms with van der Waals surface area (Å²) in [6.07, 6.45) is 1.42. The highest BCUT2D eigenvalue weighted by Gasteiger charge is 2.15. The molecule has 8 heteroatoms. The molecule has 0 bridgehead atoms. The lowest BCUT2D eigenvalue weighted by atomic mass is 10.2. The van der Waals surface area contributed by atoms with Crippen LogP contribution in [0.2, 0.25) is 0 Å². The molecule has 0 saturated heterocycles. The minimum atomic E-state index is -0.283. The van der Waals surface area contributed by atoms with Crippen LogP contribution in [0.3, 0.4) is 0 Å². The molecule has 5 nitrogen and oxygen atoms in total. The number of hydrogen-bond acceptors (Lipinski definition) is 6. The second-order valence-corrected chi connectivity index (χ2v) is 7.53. The highest BCUT2D eigenvalue weighted by Crippen LogP contribution is 2.38. The maximum Gasteiger partial charge on any atom is 0.230 e. The topological polar surface area (TPSA) is 58.1 Å². The fraction of sp³-hybridized carbons (Fsp3) is 0.312.